The summed E-state index contributed by atoms with van der Waals surface area (Å²) >= 11 is 0. The van der Waals surface area contributed by atoms with Crippen molar-refractivity contribution in [3.63, 3.8) is 0 Å². The van der Waals surface area contributed by atoms with Gasteiger partial charge >= 0.3 is 6.18 Å². The first-order valence-electron chi connectivity index (χ1n) is 13.4. The molecule has 0 aliphatic carbocycles. The van der Waals surface area contributed by atoms with Gasteiger partial charge in [-0.15, -0.1) is 0 Å². The average Bonchev–Trinajstić information content (AvgIpc) is 2.95. The molecule has 1 atom stereocenters. The van der Waals surface area contributed by atoms with Crippen molar-refractivity contribution < 1.29 is 33.5 Å². The summed E-state index contributed by atoms with van der Waals surface area (Å²) in [5, 5.41) is 3.01. The van der Waals surface area contributed by atoms with Crippen LogP contribution in [-0.2, 0) is 20.4 Å². The van der Waals surface area contributed by atoms with Crippen molar-refractivity contribution >= 4 is 17.4 Å². The van der Waals surface area contributed by atoms with Crippen LogP contribution in [0.4, 0.5) is 13.2 Å². The van der Waals surface area contributed by atoms with Crippen LogP contribution in [0.5, 0.6) is 0 Å². The second-order valence-electron chi connectivity index (χ2n) is 9.64. The molecule has 1 N–H and O–H groups in total. The average molecular weight is 546 g/mol. The monoisotopic (exact) mass is 545 g/mol. The van der Waals surface area contributed by atoms with Crippen molar-refractivity contribution in [2.45, 2.75) is 44.1 Å². The van der Waals surface area contributed by atoms with Crippen LogP contribution in [0, 0.1) is 0 Å². The molecular weight excluding hydrogens is 513 g/mol. The van der Waals surface area contributed by atoms with E-state index in [0.717, 1.165) is 23.3 Å². The zero-order valence-electron chi connectivity index (χ0n) is 22.6. The van der Waals surface area contributed by atoms with Crippen LogP contribution in [0.3, 0.4) is 0 Å². The number of carbonyl (C=O) groups is 1. The molecule has 2 fully saturated rings. The van der Waals surface area contributed by atoms with E-state index >= 15 is 0 Å². The molecule has 1 unspecified atom stereocenters. The summed E-state index contributed by atoms with van der Waals surface area (Å²) in [4.78, 5) is 24.8. The van der Waals surface area contributed by atoms with Crippen LogP contribution in [0.2, 0.25) is 0 Å². The lowest BCUT2D eigenvalue weighted by Crippen LogP contribution is -2.69. The second kappa shape index (κ2) is 11.4. The third-order valence-electron chi connectivity index (χ3n) is 7.12. The first kappa shape index (κ1) is 26.0. The van der Waals surface area contributed by atoms with Crippen LogP contribution in [0.15, 0.2) is 59.5 Å². The molecule has 5 rings (SSSR count). The Labute approximate surface area is 226 Å². The zero-order chi connectivity index (χ0) is 28.4. The molecule has 8 nitrogen and oxygen atoms in total. The second-order valence-corrected chi connectivity index (χ2v) is 9.64. The number of rotatable bonds is 5. The summed E-state index contributed by atoms with van der Waals surface area (Å²) in [6, 6.07) is 7.98. The summed E-state index contributed by atoms with van der Waals surface area (Å²) in [5.41, 5.74) is -0.249. The molecule has 0 saturated carbocycles. The minimum Gasteiger partial charge on any atom is -0.475 e. The van der Waals surface area contributed by atoms with E-state index in [0.29, 0.717) is 58.1 Å². The number of aromatic nitrogens is 1. The van der Waals surface area contributed by atoms with Crippen LogP contribution in [0.1, 0.15) is 49.0 Å². The van der Waals surface area contributed by atoms with Gasteiger partial charge in [0.1, 0.15) is 6.08 Å². The first-order chi connectivity index (χ1) is 19.1. The highest BCUT2D eigenvalue weighted by Crippen LogP contribution is 2.38. The van der Waals surface area contributed by atoms with Crippen molar-refractivity contribution in [2.75, 3.05) is 39.5 Å². The lowest BCUT2D eigenvalue weighted by molar-refractivity contribution is -0.137. The van der Waals surface area contributed by atoms with Crippen LogP contribution in [0.25, 0.3) is 5.57 Å². The molecule has 3 aliphatic heterocycles. The molecule has 0 radical (unpaired) electrons. The smallest absolute Gasteiger partial charge is 0.416 e. The zero-order valence-corrected chi connectivity index (χ0v) is 21.6. The van der Waals surface area contributed by atoms with Gasteiger partial charge in [0, 0.05) is 56.0 Å². The number of pyridine rings is 1. The molecule has 0 bridgehead atoms. The highest BCUT2D eigenvalue weighted by molar-refractivity contribution is 6.01. The number of alkyl halides is 3. The largest absolute Gasteiger partial charge is 0.475 e. The van der Waals surface area contributed by atoms with E-state index in [1.54, 1.807) is 18.5 Å². The number of hydrogen-bond acceptors (Lipinski definition) is 7. The number of allylic oxidation sites excluding steroid dienone is 1. The maximum Gasteiger partial charge on any atom is 0.416 e. The van der Waals surface area contributed by atoms with Gasteiger partial charge in [-0.3, -0.25) is 14.7 Å². The standard InChI is InChI=1S/C28H31F3N4O4/c1-19-24(21-5-3-9-32-18-21)17-27(35-10-14-38-15-11-35,26(33-19)39-23-7-12-37-13-8-23)34-25(36)20-4-2-6-22(16-20)28(29,30)31/h2-6,9,16,18,23H,7-8,10-15,17H2,1H3,(H,34,36)/i23D. The number of carbonyl (C=O) groups excluding carboxylic acids is 1. The van der Waals surface area contributed by atoms with Gasteiger partial charge in [-0.1, -0.05) is 12.1 Å². The number of benzene rings is 1. The molecule has 1 amide bonds. The molecule has 3 aliphatic rings. The van der Waals surface area contributed by atoms with Gasteiger partial charge < -0.3 is 19.5 Å². The molecule has 2 saturated heterocycles. The summed E-state index contributed by atoms with van der Waals surface area (Å²) in [6.07, 6.45) is -1.81. The van der Waals surface area contributed by atoms with E-state index in [1.807, 2.05) is 17.9 Å². The number of amides is 1. The Balaban J connectivity index is 1.61. The predicted molar refractivity (Wildman–Crippen MR) is 138 cm³/mol. The van der Waals surface area contributed by atoms with Gasteiger partial charge in [0.15, 0.2) is 5.66 Å². The molecule has 11 heteroatoms. The Hall–Kier alpha value is -3.28. The first-order valence-corrected chi connectivity index (χ1v) is 12.9. The van der Waals surface area contributed by atoms with Crippen molar-refractivity contribution in [3.8, 4) is 0 Å². The molecular formula is C28H31F3N4O4. The van der Waals surface area contributed by atoms with E-state index in [2.05, 4.69) is 10.3 Å². The van der Waals surface area contributed by atoms with Crippen LogP contribution in [-0.4, -0.2) is 72.9 Å². The van der Waals surface area contributed by atoms with E-state index < -0.39 is 29.4 Å². The van der Waals surface area contributed by atoms with E-state index in [1.165, 1.54) is 12.1 Å². The molecule has 208 valence electrons. The summed E-state index contributed by atoms with van der Waals surface area (Å²) in [6.45, 7) is 4.06. The van der Waals surface area contributed by atoms with Crippen LogP contribution < -0.4 is 5.32 Å². The topological polar surface area (TPSA) is 85.3 Å². The van der Waals surface area contributed by atoms with Gasteiger partial charge in [-0.2, -0.15) is 13.2 Å². The Kier molecular flexibility index (Phi) is 7.62. The maximum atomic E-state index is 13.7. The third-order valence-corrected chi connectivity index (χ3v) is 7.12. The quantitative estimate of drug-likeness (QED) is 0.604. The SMILES string of the molecule is [2H]C1(OC2=NC(C)=C(c3cccnc3)CC2(NC(=O)c2cccc(C(F)(F)F)c2)N2CCOCC2)CCOCC1. The van der Waals surface area contributed by atoms with Crippen LogP contribution >= 0.6 is 0 Å². The summed E-state index contributed by atoms with van der Waals surface area (Å²) < 4.78 is 66.8. The van der Waals surface area contributed by atoms with Crippen molar-refractivity contribution in [3.05, 3.63) is 71.2 Å². The molecule has 1 aromatic carbocycles. The van der Waals surface area contributed by atoms with E-state index in [-0.39, 0.29) is 17.9 Å². The third kappa shape index (κ3) is 6.00. The number of aliphatic imine (C=N–C) groups is 1. The number of hydrogen-bond donors (Lipinski definition) is 1. The predicted octanol–water partition coefficient (Wildman–Crippen LogP) is 4.29. The molecule has 39 heavy (non-hydrogen) atoms. The van der Waals surface area contributed by atoms with Gasteiger partial charge in [0.25, 0.3) is 5.91 Å². The highest BCUT2D eigenvalue weighted by atomic mass is 19.4. The lowest BCUT2D eigenvalue weighted by Gasteiger charge is -2.48. The van der Waals surface area contributed by atoms with Crippen molar-refractivity contribution in [1.82, 2.24) is 15.2 Å². The Morgan fingerprint density at radius 2 is 1.90 bits per heavy atom. The van der Waals surface area contributed by atoms with Gasteiger partial charge in [-0.05, 0) is 42.3 Å². The van der Waals surface area contributed by atoms with Crippen molar-refractivity contribution in [2.24, 2.45) is 4.99 Å². The molecule has 4 heterocycles. The van der Waals surface area contributed by atoms with E-state index in [9.17, 15) is 18.0 Å². The minimum absolute atomic E-state index is 0.122. The Bertz CT molecular complexity index is 1290. The highest BCUT2D eigenvalue weighted by Gasteiger charge is 2.49. The fraction of sp³-hybridized carbons (Fsp3) is 0.464. The fourth-order valence-corrected chi connectivity index (χ4v) is 5.03. The molecule has 0 spiro atoms. The van der Waals surface area contributed by atoms with Gasteiger partial charge in [-0.25, -0.2) is 4.99 Å². The van der Waals surface area contributed by atoms with Gasteiger partial charge in [0.05, 0.1) is 33.4 Å². The maximum absolute atomic E-state index is 13.7. The fourth-order valence-electron chi connectivity index (χ4n) is 5.03. The normalized spacial score (nSPS) is 24.5. The van der Waals surface area contributed by atoms with Gasteiger partial charge in [0.2, 0.25) is 5.90 Å². The van der Waals surface area contributed by atoms with Crippen molar-refractivity contribution in [1.29, 1.82) is 0 Å². The number of halogens is 3. The number of ether oxygens (including phenoxy) is 3. The molecule has 1 aromatic heterocycles. The Morgan fingerprint density at radius 1 is 1.15 bits per heavy atom. The minimum atomic E-state index is -4.60. The summed E-state index contributed by atoms with van der Waals surface area (Å²) in [5.74, 6) is -0.596. The lowest BCUT2D eigenvalue weighted by atomic mass is 9.88. The number of nitrogens with zero attached hydrogens (tertiary/aromatic N) is 3. The number of morpholine rings is 1. The van der Waals surface area contributed by atoms with E-state index in [4.69, 9.17) is 20.6 Å². The summed E-state index contributed by atoms with van der Waals surface area (Å²) in [7, 11) is 0. The number of nitrogens with one attached hydrogen (secondary N) is 1. The molecule has 2 aromatic rings. The Morgan fingerprint density at radius 3 is 2.59 bits per heavy atom.